The van der Waals surface area contributed by atoms with Gasteiger partial charge in [-0.1, -0.05) is 0 Å². The zero-order chi connectivity index (χ0) is 15.6. The molecule has 1 atom stereocenters. The second kappa shape index (κ2) is 5.96. The van der Waals surface area contributed by atoms with E-state index in [1.54, 1.807) is 0 Å². The average molecular weight is 315 g/mol. The first kappa shape index (κ1) is 15.7. The summed E-state index contributed by atoms with van der Waals surface area (Å²) in [6.45, 7) is 0.323. The van der Waals surface area contributed by atoms with Gasteiger partial charge in [0.15, 0.2) is 5.75 Å². The Bertz CT molecular complexity index is 646. The van der Waals surface area contributed by atoms with Crippen molar-refractivity contribution in [2.24, 2.45) is 5.73 Å². The first-order valence-electron chi connectivity index (χ1n) is 6.48. The summed E-state index contributed by atoms with van der Waals surface area (Å²) in [5.41, 5.74) is 5.46. The number of hydrogen-bond acceptors (Lipinski definition) is 6. The van der Waals surface area contributed by atoms with Crippen LogP contribution in [0.15, 0.2) is 23.1 Å². The van der Waals surface area contributed by atoms with E-state index < -0.39 is 21.1 Å². The Morgan fingerprint density at radius 1 is 1.43 bits per heavy atom. The average Bonchev–Trinajstić information content (AvgIpc) is 2.46. The molecular formula is C12H17N3O5S. The van der Waals surface area contributed by atoms with Crippen molar-refractivity contribution in [1.29, 1.82) is 0 Å². The van der Waals surface area contributed by atoms with Gasteiger partial charge in [0.1, 0.15) is 0 Å². The molecule has 116 valence electrons. The van der Waals surface area contributed by atoms with Gasteiger partial charge in [-0.15, -0.1) is 0 Å². The number of ether oxygens (including phenoxy) is 1. The predicted molar refractivity (Wildman–Crippen MR) is 75.4 cm³/mol. The van der Waals surface area contributed by atoms with E-state index in [4.69, 9.17) is 10.5 Å². The number of sulfonamides is 1. The molecule has 0 amide bonds. The Morgan fingerprint density at radius 2 is 2.14 bits per heavy atom. The largest absolute Gasteiger partial charge is 0.490 e. The number of nitrogens with zero attached hydrogens (tertiary/aromatic N) is 2. The summed E-state index contributed by atoms with van der Waals surface area (Å²) >= 11 is 0. The first-order chi connectivity index (χ1) is 9.87. The minimum absolute atomic E-state index is 0.0156. The van der Waals surface area contributed by atoms with E-state index in [1.165, 1.54) is 23.5 Å². The van der Waals surface area contributed by atoms with E-state index >= 15 is 0 Å². The third-order valence-corrected chi connectivity index (χ3v) is 5.37. The highest BCUT2D eigenvalue weighted by atomic mass is 32.2. The lowest BCUT2D eigenvalue weighted by atomic mass is 10.1. The van der Waals surface area contributed by atoms with Gasteiger partial charge in [-0.2, -0.15) is 4.31 Å². The zero-order valence-electron chi connectivity index (χ0n) is 11.6. The number of nitro groups is 1. The molecule has 1 fully saturated rings. The van der Waals surface area contributed by atoms with Gasteiger partial charge in [0.2, 0.25) is 10.0 Å². The van der Waals surface area contributed by atoms with Crippen molar-refractivity contribution >= 4 is 15.7 Å². The molecule has 0 radical (unpaired) electrons. The normalized spacial score (nSPS) is 20.2. The Balaban J connectivity index is 2.45. The molecule has 1 saturated heterocycles. The quantitative estimate of drug-likeness (QED) is 0.656. The zero-order valence-corrected chi connectivity index (χ0v) is 12.4. The molecule has 1 aliphatic heterocycles. The molecule has 9 heteroatoms. The number of benzene rings is 1. The van der Waals surface area contributed by atoms with Crippen LogP contribution in [0.1, 0.15) is 19.3 Å². The maximum atomic E-state index is 12.6. The fourth-order valence-corrected chi connectivity index (χ4v) is 3.94. The standard InChI is InChI=1S/C12H17N3O5S/c1-20-11-6-5-9(8-10(11)15(16)17)21(18,19)14-7-3-2-4-12(14)13/h5-6,8,12H,2-4,7,13H2,1H3. The molecule has 0 bridgehead atoms. The molecule has 2 N–H and O–H groups in total. The molecule has 1 aliphatic rings. The maximum absolute atomic E-state index is 12.6. The molecule has 8 nitrogen and oxygen atoms in total. The van der Waals surface area contributed by atoms with E-state index in [2.05, 4.69) is 0 Å². The highest BCUT2D eigenvalue weighted by molar-refractivity contribution is 7.89. The summed E-state index contributed by atoms with van der Waals surface area (Å²) < 4.78 is 31.2. The smallest absolute Gasteiger partial charge is 0.312 e. The van der Waals surface area contributed by atoms with Crippen molar-refractivity contribution in [3.63, 3.8) is 0 Å². The monoisotopic (exact) mass is 315 g/mol. The summed E-state index contributed by atoms with van der Waals surface area (Å²) in [4.78, 5) is 10.2. The van der Waals surface area contributed by atoms with Crippen LogP contribution in [0.25, 0.3) is 0 Å². The molecule has 1 aromatic carbocycles. The van der Waals surface area contributed by atoms with E-state index in [0.29, 0.717) is 13.0 Å². The first-order valence-corrected chi connectivity index (χ1v) is 7.92. The third-order valence-electron chi connectivity index (χ3n) is 3.45. The van der Waals surface area contributed by atoms with E-state index in [1.807, 2.05) is 0 Å². The number of nitro benzene ring substituents is 1. The highest BCUT2D eigenvalue weighted by Crippen LogP contribution is 2.31. The molecule has 1 unspecified atom stereocenters. The van der Waals surface area contributed by atoms with Crippen molar-refractivity contribution in [1.82, 2.24) is 4.31 Å². The molecule has 2 rings (SSSR count). The minimum Gasteiger partial charge on any atom is -0.490 e. The lowest BCUT2D eigenvalue weighted by molar-refractivity contribution is -0.386. The van der Waals surface area contributed by atoms with E-state index in [9.17, 15) is 18.5 Å². The molecule has 0 aromatic heterocycles. The van der Waals surface area contributed by atoms with E-state index in [0.717, 1.165) is 18.9 Å². The Kier molecular flexibility index (Phi) is 4.45. The molecule has 0 spiro atoms. The summed E-state index contributed by atoms with van der Waals surface area (Å²) in [6, 6.07) is 3.58. The number of methoxy groups -OCH3 is 1. The van der Waals surface area contributed by atoms with Gasteiger partial charge in [0.25, 0.3) is 0 Å². The fraction of sp³-hybridized carbons (Fsp3) is 0.500. The van der Waals surface area contributed by atoms with Crippen LogP contribution in [0.2, 0.25) is 0 Å². The Morgan fingerprint density at radius 3 is 2.71 bits per heavy atom. The van der Waals surface area contributed by atoms with Crippen LogP contribution in [-0.2, 0) is 10.0 Å². The lowest BCUT2D eigenvalue weighted by Crippen LogP contribution is -2.48. The number of nitrogens with two attached hydrogens (primary N) is 1. The van der Waals surface area contributed by atoms with Gasteiger partial charge < -0.3 is 10.5 Å². The van der Waals surface area contributed by atoms with Crippen LogP contribution in [-0.4, -0.2) is 37.5 Å². The molecule has 0 saturated carbocycles. The fourth-order valence-electron chi connectivity index (χ4n) is 2.34. The number of rotatable bonds is 4. The van der Waals surface area contributed by atoms with Crippen LogP contribution in [0.3, 0.4) is 0 Å². The molecule has 1 aromatic rings. The second-order valence-corrected chi connectivity index (χ2v) is 6.66. The van der Waals surface area contributed by atoms with Crippen LogP contribution >= 0.6 is 0 Å². The minimum atomic E-state index is -3.84. The van der Waals surface area contributed by atoms with Gasteiger partial charge in [0, 0.05) is 12.6 Å². The summed E-state index contributed by atoms with van der Waals surface area (Å²) in [5, 5.41) is 11.0. The Labute approximate surface area is 122 Å². The summed E-state index contributed by atoms with van der Waals surface area (Å²) in [6.07, 6.45) is 1.59. The summed E-state index contributed by atoms with van der Waals surface area (Å²) in [5.74, 6) is 0.0156. The predicted octanol–water partition coefficient (Wildman–Crippen LogP) is 1.06. The van der Waals surface area contributed by atoms with Crippen LogP contribution < -0.4 is 10.5 Å². The van der Waals surface area contributed by atoms with Crippen molar-refractivity contribution in [2.75, 3.05) is 13.7 Å². The summed E-state index contributed by atoms with van der Waals surface area (Å²) in [7, 11) is -2.56. The lowest BCUT2D eigenvalue weighted by Gasteiger charge is -2.31. The van der Waals surface area contributed by atoms with Crippen molar-refractivity contribution in [2.45, 2.75) is 30.3 Å². The molecular weight excluding hydrogens is 298 g/mol. The van der Waals surface area contributed by atoms with Gasteiger partial charge in [0.05, 0.1) is 23.1 Å². The van der Waals surface area contributed by atoms with Gasteiger partial charge in [-0.05, 0) is 31.4 Å². The van der Waals surface area contributed by atoms with Crippen LogP contribution in [0.4, 0.5) is 5.69 Å². The topological polar surface area (TPSA) is 116 Å². The maximum Gasteiger partial charge on any atom is 0.312 e. The van der Waals surface area contributed by atoms with Crippen LogP contribution in [0, 0.1) is 10.1 Å². The van der Waals surface area contributed by atoms with Gasteiger partial charge in [-0.3, -0.25) is 10.1 Å². The van der Waals surface area contributed by atoms with Gasteiger partial charge in [-0.25, -0.2) is 8.42 Å². The second-order valence-electron chi connectivity index (χ2n) is 4.77. The van der Waals surface area contributed by atoms with Crippen molar-refractivity contribution < 1.29 is 18.1 Å². The highest BCUT2D eigenvalue weighted by Gasteiger charge is 2.33. The number of piperidine rings is 1. The van der Waals surface area contributed by atoms with E-state index in [-0.39, 0.29) is 16.3 Å². The van der Waals surface area contributed by atoms with Gasteiger partial charge >= 0.3 is 5.69 Å². The number of hydrogen-bond donors (Lipinski definition) is 1. The molecule has 21 heavy (non-hydrogen) atoms. The van der Waals surface area contributed by atoms with Crippen LogP contribution in [0.5, 0.6) is 5.75 Å². The Hall–Kier alpha value is -1.71. The SMILES string of the molecule is COc1ccc(S(=O)(=O)N2CCCCC2N)cc1[N+](=O)[O-]. The third kappa shape index (κ3) is 2.99. The van der Waals surface area contributed by atoms with Crippen molar-refractivity contribution in [3.05, 3.63) is 28.3 Å². The molecule has 0 aliphatic carbocycles. The van der Waals surface area contributed by atoms with Crippen molar-refractivity contribution in [3.8, 4) is 5.75 Å². The molecule has 1 heterocycles.